The first-order chi connectivity index (χ1) is 8.33. The summed E-state index contributed by atoms with van der Waals surface area (Å²) in [6.07, 6.45) is 6.83. The highest BCUT2D eigenvalue weighted by atomic mass is 16.4. The van der Waals surface area contributed by atoms with Crippen molar-refractivity contribution in [3.8, 4) is 0 Å². The van der Waals surface area contributed by atoms with E-state index in [1.807, 2.05) is 0 Å². The summed E-state index contributed by atoms with van der Waals surface area (Å²) >= 11 is 0. The minimum absolute atomic E-state index is 0.124. The van der Waals surface area contributed by atoms with Gasteiger partial charge in [-0.05, 0) is 6.07 Å². The molecule has 0 saturated heterocycles. The van der Waals surface area contributed by atoms with Crippen LogP contribution in [0.15, 0.2) is 42.3 Å². The quantitative estimate of drug-likeness (QED) is 0.352. The van der Waals surface area contributed by atoms with Crippen LogP contribution in [0.4, 0.5) is 0 Å². The summed E-state index contributed by atoms with van der Waals surface area (Å²) < 4.78 is 0. The van der Waals surface area contributed by atoms with Crippen molar-refractivity contribution in [2.45, 2.75) is 0 Å². The van der Waals surface area contributed by atoms with Crippen molar-refractivity contribution in [3.05, 3.63) is 48.6 Å². The smallest absolute Gasteiger partial charge is 0.235 e. The first-order valence-electron chi connectivity index (χ1n) is 4.62. The topological polar surface area (TPSA) is 101 Å². The van der Waals surface area contributed by atoms with Crippen molar-refractivity contribution in [2.75, 3.05) is 0 Å². The summed E-state index contributed by atoms with van der Waals surface area (Å²) in [6.45, 7) is 0. The number of hydrogen-bond acceptors (Lipinski definition) is 7. The van der Waals surface area contributed by atoms with Gasteiger partial charge >= 0.3 is 0 Å². The Hall–Kier alpha value is -2.70. The van der Waals surface area contributed by atoms with Crippen molar-refractivity contribution >= 4 is 11.5 Å². The summed E-state index contributed by atoms with van der Waals surface area (Å²) in [5.41, 5.74) is 0.0915. The molecule has 7 heteroatoms. The predicted octanol–water partition coefficient (Wildman–Crippen LogP) is 0.328. The van der Waals surface area contributed by atoms with E-state index in [1.54, 1.807) is 0 Å². The molecular formula is C10H7N5O2. The Labute approximate surface area is 95.9 Å². The van der Waals surface area contributed by atoms with E-state index in [4.69, 9.17) is 5.21 Å². The van der Waals surface area contributed by atoms with Crippen molar-refractivity contribution in [2.24, 2.45) is 5.16 Å². The molecule has 1 N–H and O–H groups in total. The number of Topliss-reactive ketones (excluding diaryl/α,β-unsaturated/α-hetero) is 1. The third-order valence-corrected chi connectivity index (χ3v) is 1.94. The van der Waals surface area contributed by atoms with Gasteiger partial charge in [0.25, 0.3) is 0 Å². The summed E-state index contributed by atoms with van der Waals surface area (Å²) in [4.78, 5) is 27.1. The van der Waals surface area contributed by atoms with Crippen molar-refractivity contribution in [1.29, 1.82) is 0 Å². The lowest BCUT2D eigenvalue weighted by Gasteiger charge is -2.01. The number of rotatable bonds is 3. The van der Waals surface area contributed by atoms with Crippen molar-refractivity contribution in [1.82, 2.24) is 19.9 Å². The van der Waals surface area contributed by atoms with Gasteiger partial charge in [0.2, 0.25) is 5.78 Å². The predicted molar refractivity (Wildman–Crippen MR) is 56.7 cm³/mol. The molecule has 0 amide bonds. The van der Waals surface area contributed by atoms with E-state index >= 15 is 0 Å². The summed E-state index contributed by atoms with van der Waals surface area (Å²) in [6, 6.07) is 1.42. The Morgan fingerprint density at radius 2 is 2.00 bits per heavy atom. The highest BCUT2D eigenvalue weighted by molar-refractivity contribution is 6.50. The van der Waals surface area contributed by atoms with E-state index in [1.165, 1.54) is 37.2 Å². The molecule has 0 fully saturated rings. The molecule has 2 heterocycles. The Bertz CT molecular complexity index is 541. The molecule has 0 radical (unpaired) electrons. The van der Waals surface area contributed by atoms with E-state index in [0.29, 0.717) is 0 Å². The van der Waals surface area contributed by atoms with Crippen molar-refractivity contribution in [3.63, 3.8) is 0 Å². The lowest BCUT2D eigenvalue weighted by Crippen LogP contribution is -2.18. The van der Waals surface area contributed by atoms with Gasteiger partial charge in [-0.25, -0.2) is 9.97 Å². The average Bonchev–Trinajstić information content (AvgIpc) is 2.42. The molecule has 17 heavy (non-hydrogen) atoms. The van der Waals surface area contributed by atoms with Crippen LogP contribution in [0, 0.1) is 0 Å². The lowest BCUT2D eigenvalue weighted by molar-refractivity contribution is 0.105. The molecular weight excluding hydrogens is 222 g/mol. The van der Waals surface area contributed by atoms with Gasteiger partial charge in [-0.3, -0.25) is 14.8 Å². The number of aromatic nitrogens is 4. The maximum absolute atomic E-state index is 11.9. The molecule has 0 aromatic carbocycles. The largest absolute Gasteiger partial charge is 0.410 e. The Morgan fingerprint density at radius 3 is 2.59 bits per heavy atom. The Morgan fingerprint density at radius 1 is 1.12 bits per heavy atom. The van der Waals surface area contributed by atoms with Crippen molar-refractivity contribution < 1.29 is 10.0 Å². The lowest BCUT2D eigenvalue weighted by atomic mass is 10.1. The van der Waals surface area contributed by atoms with Crippen LogP contribution < -0.4 is 0 Å². The third kappa shape index (κ3) is 2.28. The number of oxime groups is 1. The maximum atomic E-state index is 11.9. The first-order valence-corrected chi connectivity index (χ1v) is 4.62. The van der Waals surface area contributed by atoms with Gasteiger partial charge in [-0.2, -0.15) is 0 Å². The van der Waals surface area contributed by atoms with Crippen LogP contribution in [-0.2, 0) is 0 Å². The minimum atomic E-state index is -0.546. The van der Waals surface area contributed by atoms with Gasteiger partial charge in [0, 0.05) is 18.6 Å². The van der Waals surface area contributed by atoms with E-state index in [2.05, 4.69) is 25.1 Å². The minimum Gasteiger partial charge on any atom is -0.410 e. The van der Waals surface area contributed by atoms with Gasteiger partial charge in [0.15, 0.2) is 5.71 Å². The summed E-state index contributed by atoms with van der Waals surface area (Å²) in [5.74, 6) is -0.546. The average molecular weight is 229 g/mol. The zero-order chi connectivity index (χ0) is 12.1. The van der Waals surface area contributed by atoms with E-state index in [0.717, 1.165) is 0 Å². The highest BCUT2D eigenvalue weighted by Crippen LogP contribution is 2.02. The molecule has 2 aromatic heterocycles. The van der Waals surface area contributed by atoms with E-state index < -0.39 is 5.78 Å². The van der Waals surface area contributed by atoms with Crippen LogP contribution >= 0.6 is 0 Å². The zero-order valence-electron chi connectivity index (χ0n) is 8.56. The summed E-state index contributed by atoms with van der Waals surface area (Å²) in [7, 11) is 0. The molecule has 2 rings (SSSR count). The van der Waals surface area contributed by atoms with Crippen LogP contribution in [0.5, 0.6) is 0 Å². The monoisotopic (exact) mass is 229 g/mol. The third-order valence-electron chi connectivity index (χ3n) is 1.94. The number of carbonyl (C=O) groups excluding carboxylic acids is 1. The van der Waals surface area contributed by atoms with Crippen LogP contribution in [0.25, 0.3) is 0 Å². The second kappa shape index (κ2) is 4.88. The van der Waals surface area contributed by atoms with E-state index in [9.17, 15) is 4.79 Å². The number of nitrogens with zero attached hydrogens (tertiary/aromatic N) is 5. The highest BCUT2D eigenvalue weighted by Gasteiger charge is 2.19. The maximum Gasteiger partial charge on any atom is 0.235 e. The molecule has 0 spiro atoms. The normalized spacial score (nSPS) is 11.2. The van der Waals surface area contributed by atoms with Gasteiger partial charge in [-0.1, -0.05) is 5.16 Å². The number of carbonyl (C=O) groups is 1. The molecule has 0 atom stereocenters. The Kier molecular flexibility index (Phi) is 3.10. The second-order valence-corrected chi connectivity index (χ2v) is 2.96. The number of ketones is 1. The second-order valence-electron chi connectivity index (χ2n) is 2.96. The standard InChI is InChI=1S/C10H7N5O2/c16-10(7-1-2-12-6-14-7)9(15-17)8-5-11-3-4-13-8/h1-6,17H/b15-9+. The van der Waals surface area contributed by atoms with Gasteiger partial charge < -0.3 is 5.21 Å². The molecule has 0 aliphatic carbocycles. The molecule has 0 saturated carbocycles. The Balaban J connectivity index is 2.37. The fraction of sp³-hybridized carbons (Fsp3) is 0. The fourth-order valence-corrected chi connectivity index (χ4v) is 1.18. The van der Waals surface area contributed by atoms with Gasteiger partial charge in [0.05, 0.1) is 6.20 Å². The molecule has 0 aliphatic heterocycles. The van der Waals surface area contributed by atoms with E-state index in [-0.39, 0.29) is 17.1 Å². The van der Waals surface area contributed by atoms with Crippen LogP contribution in [0.1, 0.15) is 16.2 Å². The SMILES string of the molecule is O=C(/C(=N/O)c1cnccn1)c1ccncn1. The molecule has 7 nitrogen and oxygen atoms in total. The molecule has 2 aromatic rings. The van der Waals surface area contributed by atoms with Crippen LogP contribution in [0.2, 0.25) is 0 Å². The molecule has 84 valence electrons. The van der Waals surface area contributed by atoms with Gasteiger partial charge in [0.1, 0.15) is 17.7 Å². The van der Waals surface area contributed by atoms with Crippen LogP contribution in [0.3, 0.4) is 0 Å². The fourth-order valence-electron chi connectivity index (χ4n) is 1.18. The zero-order valence-corrected chi connectivity index (χ0v) is 8.56. The van der Waals surface area contributed by atoms with Gasteiger partial charge in [-0.15, -0.1) is 0 Å². The molecule has 0 bridgehead atoms. The van der Waals surface area contributed by atoms with Crippen LogP contribution in [-0.4, -0.2) is 36.6 Å². The number of hydrogen-bond donors (Lipinski definition) is 1. The first kappa shape index (κ1) is 10.8. The molecule has 0 unspecified atom stereocenters. The summed E-state index contributed by atoms with van der Waals surface area (Å²) in [5, 5.41) is 11.8. The molecule has 0 aliphatic rings.